The van der Waals surface area contributed by atoms with Crippen molar-refractivity contribution in [1.29, 1.82) is 0 Å². The predicted octanol–water partition coefficient (Wildman–Crippen LogP) is 0.820. The standard InChI is InChI=1S/C16H24N2O4S/c1-16(8-9-23(20,21)12-16)17-15(19)11-18(2)10-13-4-6-14(22-3)7-5-13/h4-7H,8-12H2,1-3H3,(H,17,19)/t16-/m1/s1. The molecule has 0 spiro atoms. The van der Waals surface area contributed by atoms with E-state index in [-0.39, 0.29) is 24.0 Å². The SMILES string of the molecule is COc1ccc(CN(C)CC(=O)N[C@]2(C)CCS(=O)(=O)C2)cc1. The van der Waals surface area contributed by atoms with Crippen LogP contribution in [-0.4, -0.2) is 57.0 Å². The number of benzene rings is 1. The third-order valence-corrected chi connectivity index (χ3v) is 5.87. The number of carbonyl (C=O) groups excluding carboxylic acids is 1. The number of ether oxygens (including phenoxy) is 1. The van der Waals surface area contributed by atoms with Gasteiger partial charge in [0.1, 0.15) is 5.75 Å². The molecule has 1 N–H and O–H groups in total. The van der Waals surface area contributed by atoms with Gasteiger partial charge in [0.25, 0.3) is 0 Å². The fourth-order valence-corrected chi connectivity index (χ4v) is 4.92. The zero-order valence-corrected chi connectivity index (χ0v) is 14.6. The maximum absolute atomic E-state index is 12.1. The van der Waals surface area contributed by atoms with Crippen LogP contribution in [0.5, 0.6) is 5.75 Å². The van der Waals surface area contributed by atoms with Crippen LogP contribution in [0, 0.1) is 0 Å². The van der Waals surface area contributed by atoms with Crippen LogP contribution in [0.15, 0.2) is 24.3 Å². The summed E-state index contributed by atoms with van der Waals surface area (Å²) in [6, 6.07) is 7.68. The van der Waals surface area contributed by atoms with Gasteiger partial charge in [0.15, 0.2) is 9.84 Å². The van der Waals surface area contributed by atoms with Gasteiger partial charge >= 0.3 is 0 Å². The Balaban J connectivity index is 1.84. The molecule has 0 saturated carbocycles. The van der Waals surface area contributed by atoms with Gasteiger partial charge in [-0.05, 0) is 38.1 Å². The number of likely N-dealkylation sites (N-methyl/N-ethyl adjacent to an activating group) is 1. The molecule has 2 rings (SSSR count). The maximum Gasteiger partial charge on any atom is 0.234 e. The van der Waals surface area contributed by atoms with Gasteiger partial charge in [0, 0.05) is 6.54 Å². The lowest BCUT2D eigenvalue weighted by molar-refractivity contribution is -0.123. The molecule has 7 heteroatoms. The summed E-state index contributed by atoms with van der Waals surface area (Å²) in [4.78, 5) is 14.0. The molecule has 1 aromatic carbocycles. The van der Waals surface area contributed by atoms with E-state index in [0.29, 0.717) is 13.0 Å². The van der Waals surface area contributed by atoms with E-state index >= 15 is 0 Å². The molecule has 1 heterocycles. The number of hydrogen-bond donors (Lipinski definition) is 1. The smallest absolute Gasteiger partial charge is 0.234 e. The summed E-state index contributed by atoms with van der Waals surface area (Å²) < 4.78 is 28.3. The van der Waals surface area contributed by atoms with Crippen LogP contribution in [0.3, 0.4) is 0 Å². The summed E-state index contributed by atoms with van der Waals surface area (Å²) in [5.41, 5.74) is 0.437. The average Bonchev–Trinajstić information content (AvgIpc) is 2.72. The van der Waals surface area contributed by atoms with E-state index in [9.17, 15) is 13.2 Å². The van der Waals surface area contributed by atoms with E-state index in [1.807, 2.05) is 36.2 Å². The highest BCUT2D eigenvalue weighted by atomic mass is 32.2. The number of nitrogens with zero attached hydrogens (tertiary/aromatic N) is 1. The normalized spacial score (nSPS) is 23.0. The summed E-state index contributed by atoms with van der Waals surface area (Å²) in [5, 5.41) is 2.87. The second kappa shape index (κ2) is 6.88. The number of methoxy groups -OCH3 is 1. The fourth-order valence-electron chi connectivity index (χ4n) is 2.83. The Hall–Kier alpha value is -1.60. The lowest BCUT2D eigenvalue weighted by Crippen LogP contribution is -2.49. The van der Waals surface area contributed by atoms with Gasteiger partial charge < -0.3 is 10.1 Å². The van der Waals surface area contributed by atoms with Crippen LogP contribution in [0.2, 0.25) is 0 Å². The molecule has 1 fully saturated rings. The van der Waals surface area contributed by atoms with Gasteiger partial charge in [0.2, 0.25) is 5.91 Å². The Bertz CT molecular complexity index is 657. The topological polar surface area (TPSA) is 75.7 Å². The van der Waals surface area contributed by atoms with Crippen molar-refractivity contribution in [3.8, 4) is 5.75 Å². The first-order chi connectivity index (χ1) is 10.7. The van der Waals surface area contributed by atoms with Crippen molar-refractivity contribution in [2.75, 3.05) is 32.2 Å². The van der Waals surface area contributed by atoms with Crippen LogP contribution in [0.4, 0.5) is 0 Å². The van der Waals surface area contributed by atoms with Gasteiger partial charge in [-0.2, -0.15) is 0 Å². The van der Waals surface area contributed by atoms with Crippen LogP contribution >= 0.6 is 0 Å². The van der Waals surface area contributed by atoms with Gasteiger partial charge in [0.05, 0.1) is 30.7 Å². The number of amides is 1. The summed E-state index contributed by atoms with van der Waals surface area (Å²) in [5.74, 6) is 0.810. The third kappa shape index (κ3) is 5.21. The van der Waals surface area contributed by atoms with Crippen molar-refractivity contribution in [3.05, 3.63) is 29.8 Å². The van der Waals surface area contributed by atoms with E-state index in [1.165, 1.54) is 0 Å². The zero-order valence-electron chi connectivity index (χ0n) is 13.8. The van der Waals surface area contributed by atoms with E-state index in [1.54, 1.807) is 14.0 Å². The molecular weight excluding hydrogens is 316 g/mol. The Morgan fingerprint density at radius 2 is 2.00 bits per heavy atom. The molecule has 1 aromatic rings. The summed E-state index contributed by atoms with van der Waals surface area (Å²) in [6.07, 6.45) is 0.475. The van der Waals surface area contributed by atoms with Crippen molar-refractivity contribution in [1.82, 2.24) is 10.2 Å². The number of hydrogen-bond acceptors (Lipinski definition) is 5. The van der Waals surface area contributed by atoms with Crippen molar-refractivity contribution >= 4 is 15.7 Å². The monoisotopic (exact) mass is 340 g/mol. The molecule has 1 atom stereocenters. The Morgan fingerprint density at radius 1 is 1.35 bits per heavy atom. The molecule has 0 aromatic heterocycles. The Labute approximate surface area is 137 Å². The lowest BCUT2D eigenvalue weighted by Gasteiger charge is -2.25. The molecule has 6 nitrogen and oxygen atoms in total. The summed E-state index contributed by atoms with van der Waals surface area (Å²) >= 11 is 0. The number of carbonyl (C=O) groups is 1. The molecule has 1 aliphatic heterocycles. The van der Waals surface area contributed by atoms with Crippen molar-refractivity contribution < 1.29 is 17.9 Å². The van der Waals surface area contributed by atoms with Crippen LogP contribution in [0.25, 0.3) is 0 Å². The van der Waals surface area contributed by atoms with E-state index < -0.39 is 15.4 Å². The van der Waals surface area contributed by atoms with E-state index in [2.05, 4.69) is 5.32 Å². The van der Waals surface area contributed by atoms with E-state index in [4.69, 9.17) is 4.74 Å². The first-order valence-electron chi connectivity index (χ1n) is 7.54. The maximum atomic E-state index is 12.1. The van der Waals surface area contributed by atoms with Gasteiger partial charge in [-0.1, -0.05) is 12.1 Å². The highest BCUT2D eigenvalue weighted by molar-refractivity contribution is 7.91. The van der Waals surface area contributed by atoms with Gasteiger partial charge in [-0.25, -0.2) is 8.42 Å². The molecule has 0 aliphatic carbocycles. The van der Waals surface area contributed by atoms with Crippen LogP contribution in [0.1, 0.15) is 18.9 Å². The van der Waals surface area contributed by atoms with Crippen LogP contribution in [-0.2, 0) is 21.2 Å². The minimum atomic E-state index is -3.02. The molecule has 0 radical (unpaired) electrons. The van der Waals surface area contributed by atoms with Crippen LogP contribution < -0.4 is 10.1 Å². The highest BCUT2D eigenvalue weighted by Crippen LogP contribution is 2.22. The fraction of sp³-hybridized carbons (Fsp3) is 0.562. The molecule has 23 heavy (non-hydrogen) atoms. The van der Waals surface area contributed by atoms with Crippen molar-refractivity contribution in [2.24, 2.45) is 0 Å². The first-order valence-corrected chi connectivity index (χ1v) is 9.36. The van der Waals surface area contributed by atoms with E-state index in [0.717, 1.165) is 11.3 Å². The molecule has 1 amide bonds. The lowest BCUT2D eigenvalue weighted by atomic mass is 10.0. The first kappa shape index (κ1) is 17.7. The van der Waals surface area contributed by atoms with Crippen molar-refractivity contribution in [3.63, 3.8) is 0 Å². The summed E-state index contributed by atoms with van der Waals surface area (Å²) in [7, 11) is 0.456. The molecule has 128 valence electrons. The minimum absolute atomic E-state index is 0.0218. The Kier molecular flexibility index (Phi) is 5.31. The predicted molar refractivity (Wildman–Crippen MR) is 89.1 cm³/mol. The highest BCUT2D eigenvalue weighted by Gasteiger charge is 2.39. The van der Waals surface area contributed by atoms with Crippen molar-refractivity contribution in [2.45, 2.75) is 25.4 Å². The second-order valence-corrected chi connectivity index (χ2v) is 8.66. The molecule has 1 aliphatic rings. The summed E-state index contributed by atoms with van der Waals surface area (Å²) in [6.45, 7) is 2.65. The quantitative estimate of drug-likeness (QED) is 0.830. The molecule has 0 unspecified atom stereocenters. The average molecular weight is 340 g/mol. The molecule has 1 saturated heterocycles. The number of sulfone groups is 1. The zero-order chi connectivity index (χ0) is 17.1. The number of rotatable bonds is 6. The molecule has 0 bridgehead atoms. The third-order valence-electron chi connectivity index (χ3n) is 3.97. The minimum Gasteiger partial charge on any atom is -0.497 e. The van der Waals surface area contributed by atoms with Gasteiger partial charge in [-0.15, -0.1) is 0 Å². The second-order valence-electron chi connectivity index (χ2n) is 6.47. The Morgan fingerprint density at radius 3 is 2.52 bits per heavy atom. The van der Waals surface area contributed by atoms with Gasteiger partial charge in [-0.3, -0.25) is 9.69 Å². The molecular formula is C16H24N2O4S. The number of nitrogens with one attached hydrogen (secondary N) is 1. The largest absolute Gasteiger partial charge is 0.497 e.